The molecule has 2 rings (SSSR count). The van der Waals surface area contributed by atoms with Crippen LogP contribution in [0.5, 0.6) is 5.75 Å². The molecule has 5 nitrogen and oxygen atoms in total. The third-order valence-electron chi connectivity index (χ3n) is 2.94. The van der Waals surface area contributed by atoms with Crippen molar-refractivity contribution in [2.75, 3.05) is 19.7 Å². The second-order valence-electron chi connectivity index (χ2n) is 5.01. The molecule has 0 aromatic heterocycles. The number of halogens is 2. The van der Waals surface area contributed by atoms with Gasteiger partial charge < -0.3 is 20.5 Å². The van der Waals surface area contributed by atoms with Crippen molar-refractivity contribution < 1.29 is 14.6 Å². The molecule has 0 saturated heterocycles. The maximum atomic E-state index is 11.4. The van der Waals surface area contributed by atoms with Crippen molar-refractivity contribution >= 4 is 29.1 Å². The van der Waals surface area contributed by atoms with E-state index in [0.29, 0.717) is 21.8 Å². The molecule has 1 atom stereocenters. The number of rotatable bonds is 8. The van der Waals surface area contributed by atoms with E-state index in [2.05, 4.69) is 10.6 Å². The Morgan fingerprint density at radius 3 is 2.81 bits per heavy atom. The lowest BCUT2D eigenvalue weighted by Crippen LogP contribution is -2.39. The molecule has 1 saturated carbocycles. The van der Waals surface area contributed by atoms with Crippen LogP contribution >= 0.6 is 23.2 Å². The van der Waals surface area contributed by atoms with Crippen LogP contribution in [-0.4, -0.2) is 42.9 Å². The third kappa shape index (κ3) is 6.09. The summed E-state index contributed by atoms with van der Waals surface area (Å²) in [5.74, 6) is 0.491. The number of carbonyl (C=O) groups excluding carboxylic acids is 1. The Labute approximate surface area is 133 Å². The second kappa shape index (κ2) is 7.84. The van der Waals surface area contributed by atoms with Crippen LogP contribution in [0.2, 0.25) is 10.0 Å². The number of hydrogen-bond donors (Lipinski definition) is 3. The summed E-state index contributed by atoms with van der Waals surface area (Å²) in [5, 5.41) is 16.4. The van der Waals surface area contributed by atoms with Crippen molar-refractivity contribution in [1.29, 1.82) is 0 Å². The van der Waals surface area contributed by atoms with E-state index in [1.165, 1.54) is 0 Å². The number of ether oxygens (including phenoxy) is 1. The van der Waals surface area contributed by atoms with Crippen LogP contribution in [0.4, 0.5) is 0 Å². The molecule has 116 valence electrons. The Kier molecular flexibility index (Phi) is 6.11. The lowest BCUT2D eigenvalue weighted by Gasteiger charge is -2.13. The Balaban J connectivity index is 1.61. The maximum Gasteiger partial charge on any atom is 0.234 e. The summed E-state index contributed by atoms with van der Waals surface area (Å²) in [6.45, 7) is 0.578. The summed E-state index contributed by atoms with van der Waals surface area (Å²) in [5.41, 5.74) is 0. The van der Waals surface area contributed by atoms with Crippen molar-refractivity contribution in [2.45, 2.75) is 25.0 Å². The van der Waals surface area contributed by atoms with Crippen molar-refractivity contribution in [1.82, 2.24) is 10.6 Å². The van der Waals surface area contributed by atoms with Gasteiger partial charge in [0.1, 0.15) is 18.5 Å². The normalized spacial score (nSPS) is 15.6. The molecule has 1 aromatic rings. The number of amides is 1. The van der Waals surface area contributed by atoms with E-state index in [-0.39, 0.29) is 25.6 Å². The van der Waals surface area contributed by atoms with Gasteiger partial charge >= 0.3 is 0 Å². The molecule has 0 spiro atoms. The minimum Gasteiger partial charge on any atom is -0.491 e. The third-order valence-corrected chi connectivity index (χ3v) is 3.68. The van der Waals surface area contributed by atoms with Gasteiger partial charge in [0.25, 0.3) is 0 Å². The first kappa shape index (κ1) is 16.4. The molecule has 0 aliphatic heterocycles. The van der Waals surface area contributed by atoms with Crippen molar-refractivity contribution in [2.24, 2.45) is 0 Å². The summed E-state index contributed by atoms with van der Waals surface area (Å²) < 4.78 is 5.40. The van der Waals surface area contributed by atoms with Gasteiger partial charge in [-0.15, -0.1) is 0 Å². The van der Waals surface area contributed by atoms with E-state index < -0.39 is 6.10 Å². The summed E-state index contributed by atoms with van der Waals surface area (Å²) in [6.07, 6.45) is 1.41. The van der Waals surface area contributed by atoms with E-state index in [9.17, 15) is 9.90 Å². The van der Waals surface area contributed by atoms with Crippen LogP contribution in [0, 0.1) is 0 Å². The van der Waals surface area contributed by atoms with Crippen LogP contribution in [0.3, 0.4) is 0 Å². The van der Waals surface area contributed by atoms with Gasteiger partial charge in [-0.1, -0.05) is 23.2 Å². The summed E-state index contributed by atoms with van der Waals surface area (Å²) >= 11 is 11.7. The molecule has 1 aliphatic carbocycles. The van der Waals surface area contributed by atoms with E-state index in [4.69, 9.17) is 27.9 Å². The monoisotopic (exact) mass is 332 g/mol. The number of carbonyl (C=O) groups is 1. The molecule has 1 unspecified atom stereocenters. The van der Waals surface area contributed by atoms with Gasteiger partial charge in [0, 0.05) is 18.7 Å². The average molecular weight is 333 g/mol. The predicted molar refractivity (Wildman–Crippen MR) is 82.0 cm³/mol. The lowest BCUT2D eigenvalue weighted by molar-refractivity contribution is -0.120. The fourth-order valence-electron chi connectivity index (χ4n) is 1.68. The van der Waals surface area contributed by atoms with Crippen LogP contribution in [0.15, 0.2) is 18.2 Å². The zero-order valence-corrected chi connectivity index (χ0v) is 13.0. The molecule has 1 amide bonds. The highest BCUT2D eigenvalue weighted by Gasteiger charge is 2.22. The van der Waals surface area contributed by atoms with Crippen LogP contribution < -0.4 is 15.4 Å². The molecule has 1 aliphatic rings. The van der Waals surface area contributed by atoms with E-state index >= 15 is 0 Å². The SMILES string of the molecule is O=C(CNCC(O)COc1ccc(Cl)c(Cl)c1)NC1CC1. The zero-order valence-electron chi connectivity index (χ0n) is 11.4. The highest BCUT2D eigenvalue weighted by molar-refractivity contribution is 6.42. The molecule has 3 N–H and O–H groups in total. The molecule has 21 heavy (non-hydrogen) atoms. The average Bonchev–Trinajstić information content (AvgIpc) is 3.24. The van der Waals surface area contributed by atoms with Crippen molar-refractivity contribution in [3.05, 3.63) is 28.2 Å². The highest BCUT2D eigenvalue weighted by atomic mass is 35.5. The molecule has 7 heteroatoms. The quantitative estimate of drug-likeness (QED) is 0.676. The van der Waals surface area contributed by atoms with Gasteiger partial charge in [-0.05, 0) is 25.0 Å². The minimum absolute atomic E-state index is 0.0462. The molecule has 0 bridgehead atoms. The lowest BCUT2D eigenvalue weighted by atomic mass is 10.3. The first-order valence-electron chi connectivity index (χ1n) is 6.80. The number of aliphatic hydroxyl groups excluding tert-OH is 1. The Morgan fingerprint density at radius 1 is 1.38 bits per heavy atom. The standard InChI is InChI=1S/C14H18Cl2N2O3/c15-12-4-3-11(5-13(12)16)21-8-10(19)6-17-7-14(20)18-9-1-2-9/h3-5,9-10,17,19H,1-2,6-8H2,(H,18,20). The van der Waals surface area contributed by atoms with Gasteiger partial charge in [0.15, 0.2) is 0 Å². The van der Waals surface area contributed by atoms with Gasteiger partial charge in [-0.2, -0.15) is 0 Å². The van der Waals surface area contributed by atoms with Gasteiger partial charge in [0.05, 0.1) is 16.6 Å². The summed E-state index contributed by atoms with van der Waals surface area (Å²) in [4.78, 5) is 11.4. The molecular formula is C14H18Cl2N2O3. The van der Waals surface area contributed by atoms with E-state index in [0.717, 1.165) is 12.8 Å². The van der Waals surface area contributed by atoms with Crippen LogP contribution in [0.25, 0.3) is 0 Å². The Bertz CT molecular complexity index is 495. The minimum atomic E-state index is -0.715. The van der Waals surface area contributed by atoms with Crippen molar-refractivity contribution in [3.8, 4) is 5.75 Å². The highest BCUT2D eigenvalue weighted by Crippen LogP contribution is 2.26. The second-order valence-corrected chi connectivity index (χ2v) is 5.83. The van der Waals surface area contributed by atoms with Crippen LogP contribution in [0.1, 0.15) is 12.8 Å². The van der Waals surface area contributed by atoms with E-state index in [1.54, 1.807) is 18.2 Å². The first-order chi connectivity index (χ1) is 10.0. The van der Waals surface area contributed by atoms with Gasteiger partial charge in [-0.25, -0.2) is 0 Å². The molecule has 1 fully saturated rings. The zero-order chi connectivity index (χ0) is 15.2. The topological polar surface area (TPSA) is 70.6 Å². The maximum absolute atomic E-state index is 11.4. The fourth-order valence-corrected chi connectivity index (χ4v) is 1.96. The molecular weight excluding hydrogens is 315 g/mol. The number of nitrogens with one attached hydrogen (secondary N) is 2. The summed E-state index contributed by atoms with van der Waals surface area (Å²) in [6, 6.07) is 5.25. The molecule has 0 heterocycles. The van der Waals surface area contributed by atoms with E-state index in [1.807, 2.05) is 0 Å². The largest absolute Gasteiger partial charge is 0.491 e. The van der Waals surface area contributed by atoms with Crippen molar-refractivity contribution in [3.63, 3.8) is 0 Å². The van der Waals surface area contributed by atoms with Gasteiger partial charge in [0.2, 0.25) is 5.91 Å². The Morgan fingerprint density at radius 2 is 2.14 bits per heavy atom. The molecule has 1 aromatic carbocycles. The summed E-state index contributed by atoms with van der Waals surface area (Å²) in [7, 11) is 0. The van der Waals surface area contributed by atoms with Crippen LogP contribution in [-0.2, 0) is 4.79 Å². The first-order valence-corrected chi connectivity index (χ1v) is 7.56. The number of benzene rings is 1. The van der Waals surface area contributed by atoms with Gasteiger partial charge in [-0.3, -0.25) is 4.79 Å². The number of aliphatic hydroxyl groups is 1. The Hall–Kier alpha value is -1.01. The fraction of sp³-hybridized carbons (Fsp3) is 0.500. The number of hydrogen-bond acceptors (Lipinski definition) is 4. The smallest absolute Gasteiger partial charge is 0.234 e. The molecule has 0 radical (unpaired) electrons. The predicted octanol–water partition coefficient (Wildman–Crippen LogP) is 1.60.